The zero-order valence-electron chi connectivity index (χ0n) is 24.1. The number of rotatable bonds is 6. The Labute approximate surface area is 246 Å². The van der Waals surface area contributed by atoms with Crippen LogP contribution >= 0.6 is 0 Å². The second kappa shape index (κ2) is 10.6. The maximum Gasteiger partial charge on any atom is 0.137 e. The maximum absolute atomic E-state index is 6.64. The molecule has 0 aliphatic rings. The van der Waals surface area contributed by atoms with Crippen molar-refractivity contribution in [3.63, 3.8) is 0 Å². The average molecular weight is 545 g/mol. The predicted molar refractivity (Wildman–Crippen MR) is 177 cm³/mol. The molecular formula is C39H32N2O. The molecule has 0 saturated carbocycles. The van der Waals surface area contributed by atoms with Gasteiger partial charge in [0.2, 0.25) is 0 Å². The van der Waals surface area contributed by atoms with Gasteiger partial charge in [0.1, 0.15) is 11.2 Å². The summed E-state index contributed by atoms with van der Waals surface area (Å²) < 4.78 is 6.64. The van der Waals surface area contributed by atoms with Crippen molar-refractivity contribution in [2.75, 3.05) is 9.80 Å². The lowest BCUT2D eigenvalue weighted by molar-refractivity contribution is 0.669. The van der Waals surface area contributed by atoms with E-state index in [0.717, 1.165) is 56.1 Å². The van der Waals surface area contributed by atoms with E-state index in [4.69, 9.17) is 4.42 Å². The molecule has 3 heteroatoms. The summed E-state index contributed by atoms with van der Waals surface area (Å²) in [6, 6.07) is 49.3. The number of hydrogen-bond donors (Lipinski definition) is 0. The van der Waals surface area contributed by atoms with Gasteiger partial charge in [-0.3, -0.25) is 0 Å². The number of fused-ring (bicyclic) bond motifs is 3. The van der Waals surface area contributed by atoms with Gasteiger partial charge in [-0.15, -0.1) is 0 Å². The van der Waals surface area contributed by atoms with E-state index in [9.17, 15) is 0 Å². The fourth-order valence-electron chi connectivity index (χ4n) is 5.79. The van der Waals surface area contributed by atoms with E-state index in [1.54, 1.807) is 0 Å². The molecule has 204 valence electrons. The van der Waals surface area contributed by atoms with Gasteiger partial charge in [0.05, 0.1) is 5.69 Å². The van der Waals surface area contributed by atoms with Crippen molar-refractivity contribution in [3.05, 3.63) is 156 Å². The number of nitrogens with zero attached hydrogens (tertiary/aromatic N) is 2. The molecule has 0 amide bonds. The van der Waals surface area contributed by atoms with E-state index >= 15 is 0 Å². The Hall–Kier alpha value is -5.28. The Bertz CT molecular complexity index is 1990. The van der Waals surface area contributed by atoms with E-state index in [0.29, 0.717) is 0 Å². The monoisotopic (exact) mass is 544 g/mol. The molecule has 1 aromatic heterocycles. The number of furan rings is 1. The van der Waals surface area contributed by atoms with Gasteiger partial charge in [-0.1, -0.05) is 71.8 Å². The van der Waals surface area contributed by atoms with E-state index in [1.807, 2.05) is 0 Å². The first kappa shape index (κ1) is 25.7. The second-order valence-electron chi connectivity index (χ2n) is 10.9. The first-order valence-electron chi connectivity index (χ1n) is 14.4. The molecule has 0 spiro atoms. The van der Waals surface area contributed by atoms with Gasteiger partial charge < -0.3 is 14.2 Å². The first-order chi connectivity index (χ1) is 20.5. The van der Waals surface area contributed by atoms with E-state index < -0.39 is 0 Å². The molecule has 0 aliphatic carbocycles. The lowest BCUT2D eigenvalue weighted by Crippen LogP contribution is -2.10. The molecular weight excluding hydrogens is 512 g/mol. The Morgan fingerprint density at radius 1 is 0.405 bits per heavy atom. The number of anilines is 6. The topological polar surface area (TPSA) is 19.6 Å². The smallest absolute Gasteiger partial charge is 0.137 e. The standard InChI is InChI=1S/C39H32N2O/c1-27-14-18-32(19-15-27)40(30-10-6-4-7-11-30)34-22-23-36-37(25-34)42-38-26-35(24-29(3)39(36)38)41(31-12-8-5-9-13-31)33-20-16-28(2)17-21-33/h4-26H,1-3H3. The van der Waals surface area contributed by atoms with Crippen molar-refractivity contribution in [3.8, 4) is 0 Å². The van der Waals surface area contributed by atoms with Crippen LogP contribution in [0.25, 0.3) is 21.9 Å². The van der Waals surface area contributed by atoms with Gasteiger partial charge in [0, 0.05) is 51.3 Å². The van der Waals surface area contributed by atoms with Crippen LogP contribution in [-0.2, 0) is 0 Å². The van der Waals surface area contributed by atoms with E-state index in [-0.39, 0.29) is 0 Å². The van der Waals surface area contributed by atoms with Gasteiger partial charge in [0.25, 0.3) is 0 Å². The third-order valence-corrected chi connectivity index (χ3v) is 7.87. The third kappa shape index (κ3) is 4.69. The highest BCUT2D eigenvalue weighted by Gasteiger charge is 2.19. The number of para-hydroxylation sites is 2. The molecule has 0 bridgehead atoms. The zero-order chi connectivity index (χ0) is 28.6. The summed E-state index contributed by atoms with van der Waals surface area (Å²) in [7, 11) is 0. The molecule has 0 atom stereocenters. The van der Waals surface area contributed by atoms with Gasteiger partial charge in [-0.05, 0) is 93.1 Å². The van der Waals surface area contributed by atoms with Gasteiger partial charge >= 0.3 is 0 Å². The Morgan fingerprint density at radius 2 is 0.857 bits per heavy atom. The van der Waals surface area contributed by atoms with E-state index in [1.165, 1.54) is 16.7 Å². The molecule has 0 N–H and O–H groups in total. The van der Waals surface area contributed by atoms with Crippen molar-refractivity contribution in [2.24, 2.45) is 0 Å². The summed E-state index contributed by atoms with van der Waals surface area (Å²) in [6.07, 6.45) is 0. The molecule has 0 saturated heterocycles. The SMILES string of the molecule is Cc1ccc(N(c2ccccc2)c2ccc3c(c2)oc2cc(N(c4ccccc4)c4ccc(C)cc4)cc(C)c23)cc1. The molecule has 6 aromatic carbocycles. The molecule has 42 heavy (non-hydrogen) atoms. The Kier molecular flexibility index (Phi) is 6.48. The molecule has 0 unspecified atom stereocenters. The molecule has 7 aromatic rings. The Morgan fingerprint density at radius 3 is 1.40 bits per heavy atom. The van der Waals surface area contributed by atoms with Gasteiger partial charge in [-0.25, -0.2) is 0 Å². The van der Waals surface area contributed by atoms with Crippen LogP contribution < -0.4 is 9.80 Å². The Balaban J connectivity index is 1.37. The summed E-state index contributed by atoms with van der Waals surface area (Å²) in [5.74, 6) is 0. The fraction of sp³-hybridized carbons (Fsp3) is 0.0769. The highest BCUT2D eigenvalue weighted by molar-refractivity contribution is 6.09. The molecule has 3 nitrogen and oxygen atoms in total. The summed E-state index contributed by atoms with van der Waals surface area (Å²) in [6.45, 7) is 6.41. The summed E-state index contributed by atoms with van der Waals surface area (Å²) in [5.41, 5.74) is 12.0. The van der Waals surface area contributed by atoms with Gasteiger partial charge in [0.15, 0.2) is 0 Å². The highest BCUT2D eigenvalue weighted by atomic mass is 16.3. The maximum atomic E-state index is 6.64. The minimum absolute atomic E-state index is 0.873. The number of hydrogen-bond acceptors (Lipinski definition) is 3. The molecule has 0 aliphatic heterocycles. The lowest BCUT2D eigenvalue weighted by Gasteiger charge is -2.26. The minimum atomic E-state index is 0.873. The number of benzene rings is 6. The average Bonchev–Trinajstić information content (AvgIpc) is 3.39. The zero-order valence-corrected chi connectivity index (χ0v) is 24.1. The summed E-state index contributed by atoms with van der Waals surface area (Å²) in [5, 5.41) is 2.27. The number of aryl methyl sites for hydroxylation is 3. The van der Waals surface area contributed by atoms with E-state index in [2.05, 4.69) is 170 Å². The molecule has 1 heterocycles. The minimum Gasteiger partial charge on any atom is -0.456 e. The normalized spacial score (nSPS) is 11.2. The quantitative estimate of drug-likeness (QED) is 0.208. The van der Waals surface area contributed by atoms with Crippen LogP contribution in [0.4, 0.5) is 34.1 Å². The van der Waals surface area contributed by atoms with Crippen LogP contribution in [0.2, 0.25) is 0 Å². The van der Waals surface area contributed by atoms with Crippen molar-refractivity contribution < 1.29 is 4.42 Å². The second-order valence-corrected chi connectivity index (χ2v) is 10.9. The van der Waals surface area contributed by atoms with Crippen molar-refractivity contribution in [1.82, 2.24) is 0 Å². The fourth-order valence-corrected chi connectivity index (χ4v) is 5.79. The molecule has 0 radical (unpaired) electrons. The van der Waals surface area contributed by atoms with Crippen LogP contribution in [0.5, 0.6) is 0 Å². The summed E-state index contributed by atoms with van der Waals surface area (Å²) >= 11 is 0. The van der Waals surface area contributed by atoms with Crippen molar-refractivity contribution in [1.29, 1.82) is 0 Å². The van der Waals surface area contributed by atoms with Crippen LogP contribution in [0.15, 0.2) is 144 Å². The van der Waals surface area contributed by atoms with Crippen molar-refractivity contribution >= 4 is 56.1 Å². The van der Waals surface area contributed by atoms with Crippen LogP contribution in [-0.4, -0.2) is 0 Å². The summed E-state index contributed by atoms with van der Waals surface area (Å²) in [4.78, 5) is 4.57. The predicted octanol–water partition coefficient (Wildman–Crippen LogP) is 11.5. The lowest BCUT2D eigenvalue weighted by atomic mass is 10.0. The third-order valence-electron chi connectivity index (χ3n) is 7.87. The molecule has 7 rings (SSSR count). The van der Waals surface area contributed by atoms with Crippen LogP contribution in [0.3, 0.4) is 0 Å². The highest BCUT2D eigenvalue weighted by Crippen LogP contribution is 2.42. The largest absolute Gasteiger partial charge is 0.456 e. The van der Waals surface area contributed by atoms with Crippen LogP contribution in [0, 0.1) is 20.8 Å². The first-order valence-corrected chi connectivity index (χ1v) is 14.4. The van der Waals surface area contributed by atoms with Crippen molar-refractivity contribution in [2.45, 2.75) is 20.8 Å². The van der Waals surface area contributed by atoms with Crippen LogP contribution in [0.1, 0.15) is 16.7 Å². The molecule has 0 fully saturated rings. The van der Waals surface area contributed by atoms with Gasteiger partial charge in [-0.2, -0.15) is 0 Å².